The molecule has 5 heteroatoms. The van der Waals surface area contributed by atoms with E-state index in [1.807, 2.05) is 13.0 Å². The lowest BCUT2D eigenvalue weighted by atomic mass is 9.94. The van der Waals surface area contributed by atoms with Crippen LogP contribution in [0, 0.1) is 18.7 Å². The third-order valence-electron chi connectivity index (χ3n) is 4.01. The first-order chi connectivity index (χ1) is 9.56. The average molecular weight is 315 g/mol. The molecule has 1 atom stereocenters. The number of piperidine rings is 1. The molecule has 1 fully saturated rings. The molecule has 0 spiro atoms. The second-order valence-electron chi connectivity index (χ2n) is 5.70. The molecule has 0 bridgehead atoms. The van der Waals surface area contributed by atoms with Gasteiger partial charge in [-0.05, 0) is 62.9 Å². The van der Waals surface area contributed by atoms with Crippen LogP contribution in [0.4, 0.5) is 4.39 Å². The zero-order valence-corrected chi connectivity index (χ0v) is 13.4. The van der Waals surface area contributed by atoms with Gasteiger partial charge in [0.1, 0.15) is 5.82 Å². The summed E-state index contributed by atoms with van der Waals surface area (Å²) in [5, 5.41) is 6.26. The molecule has 0 radical (unpaired) electrons. The Morgan fingerprint density at radius 1 is 1.43 bits per heavy atom. The Morgan fingerprint density at radius 3 is 2.71 bits per heavy atom. The summed E-state index contributed by atoms with van der Waals surface area (Å²) in [6.07, 6.45) is 2.68. The van der Waals surface area contributed by atoms with E-state index < -0.39 is 0 Å². The van der Waals surface area contributed by atoms with Crippen molar-refractivity contribution in [3.8, 4) is 0 Å². The van der Waals surface area contributed by atoms with Gasteiger partial charge in [-0.3, -0.25) is 4.79 Å². The van der Waals surface area contributed by atoms with Gasteiger partial charge in [0.2, 0.25) is 5.91 Å². The molecule has 1 amide bonds. The van der Waals surface area contributed by atoms with Crippen molar-refractivity contribution in [3.63, 3.8) is 0 Å². The minimum Gasteiger partial charge on any atom is -0.350 e. The van der Waals surface area contributed by atoms with E-state index in [0.29, 0.717) is 17.9 Å². The monoisotopic (exact) mass is 314 g/mol. The van der Waals surface area contributed by atoms with Gasteiger partial charge >= 0.3 is 0 Å². The Bertz CT molecular complexity index is 475. The van der Waals surface area contributed by atoms with Crippen molar-refractivity contribution in [3.05, 3.63) is 35.1 Å². The van der Waals surface area contributed by atoms with Crippen LogP contribution < -0.4 is 10.6 Å². The van der Waals surface area contributed by atoms with E-state index in [-0.39, 0.29) is 30.2 Å². The molecule has 0 aromatic heterocycles. The third kappa shape index (κ3) is 5.29. The van der Waals surface area contributed by atoms with Crippen LogP contribution in [0.1, 0.15) is 43.4 Å². The van der Waals surface area contributed by atoms with Crippen LogP contribution in [0.2, 0.25) is 0 Å². The average Bonchev–Trinajstić information content (AvgIpc) is 2.42. The van der Waals surface area contributed by atoms with Gasteiger partial charge in [0.15, 0.2) is 0 Å². The van der Waals surface area contributed by atoms with Crippen LogP contribution in [0.15, 0.2) is 18.2 Å². The van der Waals surface area contributed by atoms with Crippen molar-refractivity contribution in [2.24, 2.45) is 5.92 Å². The maximum atomic E-state index is 13.5. The lowest BCUT2D eigenvalue weighted by Crippen LogP contribution is -2.33. The van der Waals surface area contributed by atoms with E-state index in [4.69, 9.17) is 0 Å². The number of benzene rings is 1. The molecule has 0 aliphatic carbocycles. The lowest BCUT2D eigenvalue weighted by molar-refractivity contribution is -0.122. The second kappa shape index (κ2) is 8.35. The summed E-state index contributed by atoms with van der Waals surface area (Å²) in [4.78, 5) is 12.0. The minimum atomic E-state index is -0.220. The number of hydrogen-bond donors (Lipinski definition) is 2. The number of hydrogen-bond acceptors (Lipinski definition) is 2. The first kappa shape index (κ1) is 17.9. The number of halogens is 2. The fourth-order valence-electron chi connectivity index (χ4n) is 2.61. The van der Waals surface area contributed by atoms with Crippen LogP contribution in [-0.2, 0) is 4.79 Å². The molecule has 1 heterocycles. The fraction of sp³-hybridized carbons (Fsp3) is 0.562. The highest BCUT2D eigenvalue weighted by Crippen LogP contribution is 2.19. The van der Waals surface area contributed by atoms with Gasteiger partial charge in [0.25, 0.3) is 0 Å². The molecule has 118 valence electrons. The van der Waals surface area contributed by atoms with Crippen molar-refractivity contribution >= 4 is 18.3 Å². The van der Waals surface area contributed by atoms with Crippen LogP contribution in [-0.4, -0.2) is 19.0 Å². The molecule has 1 aliphatic rings. The van der Waals surface area contributed by atoms with E-state index in [0.717, 1.165) is 31.5 Å². The molecule has 2 N–H and O–H groups in total. The summed E-state index contributed by atoms with van der Waals surface area (Å²) >= 11 is 0. The molecule has 0 saturated carbocycles. The van der Waals surface area contributed by atoms with Crippen molar-refractivity contribution in [2.45, 2.75) is 39.2 Å². The van der Waals surface area contributed by atoms with E-state index in [9.17, 15) is 9.18 Å². The summed E-state index contributed by atoms with van der Waals surface area (Å²) in [6.45, 7) is 5.62. The highest BCUT2D eigenvalue weighted by Gasteiger charge is 2.18. The van der Waals surface area contributed by atoms with Crippen molar-refractivity contribution in [1.82, 2.24) is 10.6 Å². The van der Waals surface area contributed by atoms with E-state index >= 15 is 0 Å². The van der Waals surface area contributed by atoms with Gasteiger partial charge in [0.05, 0.1) is 6.04 Å². The molecule has 3 nitrogen and oxygen atoms in total. The number of nitrogens with one attached hydrogen (secondary N) is 2. The van der Waals surface area contributed by atoms with Gasteiger partial charge in [-0.1, -0.05) is 12.1 Å². The zero-order valence-electron chi connectivity index (χ0n) is 12.6. The highest BCUT2D eigenvalue weighted by molar-refractivity contribution is 5.85. The van der Waals surface area contributed by atoms with Crippen molar-refractivity contribution in [1.29, 1.82) is 0 Å². The van der Waals surface area contributed by atoms with Crippen molar-refractivity contribution in [2.75, 3.05) is 13.1 Å². The van der Waals surface area contributed by atoms with Crippen LogP contribution >= 0.6 is 12.4 Å². The van der Waals surface area contributed by atoms with Gasteiger partial charge in [-0.25, -0.2) is 4.39 Å². The predicted octanol–water partition coefficient (Wildman–Crippen LogP) is 3.12. The molecule has 1 aromatic rings. The van der Waals surface area contributed by atoms with Gasteiger partial charge < -0.3 is 10.6 Å². The topological polar surface area (TPSA) is 41.1 Å². The molecule has 1 aliphatic heterocycles. The summed E-state index contributed by atoms with van der Waals surface area (Å²) in [5.74, 6) is 0.311. The number of carbonyl (C=O) groups excluding carboxylic acids is 1. The van der Waals surface area contributed by atoms with Gasteiger partial charge in [-0.15, -0.1) is 12.4 Å². The Hall–Kier alpha value is -1.13. The first-order valence-corrected chi connectivity index (χ1v) is 7.32. The summed E-state index contributed by atoms with van der Waals surface area (Å²) in [5.41, 5.74) is 1.44. The standard InChI is InChI=1S/C16H23FN2O.ClH/c1-11-3-4-14(10-15(11)17)12(2)19-16(20)9-13-5-7-18-8-6-13;/h3-4,10,12-13,18H,5-9H2,1-2H3,(H,19,20);1H. The highest BCUT2D eigenvalue weighted by atomic mass is 35.5. The van der Waals surface area contributed by atoms with Crippen LogP contribution in [0.3, 0.4) is 0 Å². The third-order valence-corrected chi connectivity index (χ3v) is 4.01. The molecule has 21 heavy (non-hydrogen) atoms. The van der Waals surface area contributed by atoms with Crippen LogP contribution in [0.25, 0.3) is 0 Å². The van der Waals surface area contributed by atoms with Crippen LogP contribution in [0.5, 0.6) is 0 Å². The molecule has 1 aromatic carbocycles. The molecule has 2 rings (SSSR count). The first-order valence-electron chi connectivity index (χ1n) is 7.32. The number of rotatable bonds is 4. The van der Waals surface area contributed by atoms with E-state index in [1.165, 1.54) is 6.07 Å². The summed E-state index contributed by atoms with van der Waals surface area (Å²) in [6, 6.07) is 4.97. The van der Waals surface area contributed by atoms with E-state index in [1.54, 1.807) is 13.0 Å². The quantitative estimate of drug-likeness (QED) is 0.896. The predicted molar refractivity (Wildman–Crippen MR) is 85.2 cm³/mol. The van der Waals surface area contributed by atoms with E-state index in [2.05, 4.69) is 10.6 Å². The van der Waals surface area contributed by atoms with Gasteiger partial charge in [0, 0.05) is 6.42 Å². The minimum absolute atomic E-state index is 0. The molecule has 1 saturated heterocycles. The SMILES string of the molecule is Cc1ccc(C(C)NC(=O)CC2CCNCC2)cc1F.Cl. The maximum Gasteiger partial charge on any atom is 0.220 e. The summed E-state index contributed by atoms with van der Waals surface area (Å²) in [7, 11) is 0. The summed E-state index contributed by atoms with van der Waals surface area (Å²) < 4.78 is 13.5. The number of amides is 1. The van der Waals surface area contributed by atoms with Gasteiger partial charge in [-0.2, -0.15) is 0 Å². The van der Waals surface area contributed by atoms with Crippen molar-refractivity contribution < 1.29 is 9.18 Å². The normalized spacial score (nSPS) is 16.9. The largest absolute Gasteiger partial charge is 0.350 e. The molecular weight excluding hydrogens is 291 g/mol. The Balaban J connectivity index is 0.00000220. The Morgan fingerprint density at radius 2 is 2.10 bits per heavy atom. The Kier molecular flexibility index (Phi) is 7.12. The smallest absolute Gasteiger partial charge is 0.220 e. The fourth-order valence-corrected chi connectivity index (χ4v) is 2.61. The molecular formula is C16H24ClFN2O. The number of carbonyl (C=O) groups is 1. The molecule has 1 unspecified atom stereocenters. The lowest BCUT2D eigenvalue weighted by Gasteiger charge is -2.23. The second-order valence-corrected chi connectivity index (χ2v) is 5.70. The maximum absolute atomic E-state index is 13.5. The number of aryl methyl sites for hydroxylation is 1. The Labute approximate surface area is 132 Å². The zero-order chi connectivity index (χ0) is 14.5.